The highest BCUT2D eigenvalue weighted by atomic mass is 15.3. The van der Waals surface area contributed by atoms with Crippen molar-refractivity contribution in [2.75, 3.05) is 6.54 Å². The molecule has 0 saturated carbocycles. The molecule has 0 aliphatic carbocycles. The minimum Gasteiger partial charge on any atom is -0.315 e. The third kappa shape index (κ3) is 3.97. The van der Waals surface area contributed by atoms with Gasteiger partial charge >= 0.3 is 0 Å². The summed E-state index contributed by atoms with van der Waals surface area (Å²) in [7, 11) is 0. The van der Waals surface area contributed by atoms with Crippen molar-refractivity contribution in [3.8, 4) is 0 Å². The summed E-state index contributed by atoms with van der Waals surface area (Å²) in [6.07, 6.45) is 6.51. The fourth-order valence-electron chi connectivity index (χ4n) is 2.08. The topological polar surface area (TPSA) is 29.9 Å². The average Bonchev–Trinajstić information content (AvgIpc) is 2.67. The molecule has 0 aromatic carbocycles. The van der Waals surface area contributed by atoms with E-state index in [1.807, 2.05) is 10.9 Å². The number of aryl methyl sites for hydroxylation is 1. The average molecular weight is 223 g/mol. The Morgan fingerprint density at radius 2 is 2.12 bits per heavy atom. The van der Waals surface area contributed by atoms with Gasteiger partial charge in [0.1, 0.15) is 0 Å². The minimum absolute atomic E-state index is 0.578. The molecular formula is C13H25N3. The van der Waals surface area contributed by atoms with Crippen LogP contribution in [0.5, 0.6) is 0 Å². The molecule has 0 aliphatic rings. The van der Waals surface area contributed by atoms with Crippen LogP contribution >= 0.6 is 0 Å². The van der Waals surface area contributed by atoms with Gasteiger partial charge in [0.25, 0.3) is 0 Å². The van der Waals surface area contributed by atoms with Crippen molar-refractivity contribution in [1.82, 2.24) is 15.1 Å². The number of nitrogens with zero attached hydrogens (tertiary/aromatic N) is 2. The van der Waals surface area contributed by atoms with Crippen molar-refractivity contribution in [2.24, 2.45) is 0 Å². The lowest BCUT2D eigenvalue weighted by molar-refractivity contribution is 0.490. The van der Waals surface area contributed by atoms with Crippen molar-refractivity contribution in [3.05, 3.63) is 18.0 Å². The number of hydrogen-bond acceptors (Lipinski definition) is 2. The summed E-state index contributed by atoms with van der Waals surface area (Å²) in [5, 5.41) is 7.83. The van der Waals surface area contributed by atoms with Crippen molar-refractivity contribution in [2.45, 2.75) is 59.0 Å². The lowest BCUT2D eigenvalue weighted by Crippen LogP contribution is -2.26. The van der Waals surface area contributed by atoms with Gasteiger partial charge in [-0.25, -0.2) is 0 Å². The summed E-state index contributed by atoms with van der Waals surface area (Å²) in [5.74, 6) is 0.583. The van der Waals surface area contributed by atoms with Crippen LogP contribution in [0.25, 0.3) is 0 Å². The van der Waals surface area contributed by atoms with Crippen LogP contribution < -0.4 is 5.32 Å². The van der Waals surface area contributed by atoms with Gasteiger partial charge in [0.15, 0.2) is 0 Å². The lowest BCUT2D eigenvalue weighted by Gasteiger charge is -2.16. The van der Waals surface area contributed by atoms with E-state index in [1.54, 1.807) is 0 Å². The molecule has 1 heterocycles. The Kier molecular flexibility index (Phi) is 5.53. The minimum atomic E-state index is 0.578. The molecule has 1 rings (SSSR count). The molecule has 3 heteroatoms. The van der Waals surface area contributed by atoms with Crippen LogP contribution in [0.1, 0.15) is 52.0 Å². The molecule has 0 saturated heterocycles. The monoisotopic (exact) mass is 223 g/mol. The lowest BCUT2D eigenvalue weighted by atomic mass is 9.97. The Bertz CT molecular complexity index is 293. The summed E-state index contributed by atoms with van der Waals surface area (Å²) in [6.45, 7) is 10.9. The van der Waals surface area contributed by atoms with Crippen LogP contribution in [-0.2, 0) is 6.54 Å². The molecule has 1 aromatic rings. The van der Waals surface area contributed by atoms with E-state index in [9.17, 15) is 0 Å². The van der Waals surface area contributed by atoms with Crippen molar-refractivity contribution >= 4 is 0 Å². The highest BCUT2D eigenvalue weighted by Gasteiger charge is 2.11. The molecular weight excluding hydrogens is 198 g/mol. The van der Waals surface area contributed by atoms with E-state index >= 15 is 0 Å². The third-order valence-corrected chi connectivity index (χ3v) is 2.93. The fraction of sp³-hybridized carbons (Fsp3) is 0.769. The predicted molar refractivity (Wildman–Crippen MR) is 68.7 cm³/mol. The normalized spacial score (nSPS) is 15.0. The van der Waals surface area contributed by atoms with Gasteiger partial charge in [0.05, 0.1) is 6.20 Å². The Balaban J connectivity index is 2.48. The molecule has 2 unspecified atom stereocenters. The molecule has 16 heavy (non-hydrogen) atoms. The van der Waals surface area contributed by atoms with Crippen molar-refractivity contribution in [3.63, 3.8) is 0 Å². The molecule has 0 fully saturated rings. The smallest absolute Gasteiger partial charge is 0.0524 e. The van der Waals surface area contributed by atoms with Crippen LogP contribution in [0.15, 0.2) is 12.4 Å². The number of hydrogen-bond donors (Lipinski definition) is 1. The predicted octanol–water partition coefficient (Wildman–Crippen LogP) is 2.78. The molecule has 0 aliphatic heterocycles. The van der Waals surface area contributed by atoms with E-state index in [4.69, 9.17) is 0 Å². The Hall–Kier alpha value is -0.830. The van der Waals surface area contributed by atoms with Gasteiger partial charge in [0.2, 0.25) is 0 Å². The Morgan fingerprint density at radius 1 is 1.38 bits per heavy atom. The SMILES string of the molecule is CCCn1cc(C(C)CC(C)NCC)cn1. The Labute approximate surface area is 99.2 Å². The standard InChI is InChI=1S/C13H25N3/c1-5-7-16-10-13(9-15-16)11(3)8-12(4)14-6-2/h9-12,14H,5-8H2,1-4H3. The highest BCUT2D eigenvalue weighted by molar-refractivity contribution is 5.10. The number of aromatic nitrogens is 2. The van der Waals surface area contributed by atoms with E-state index in [1.165, 1.54) is 12.0 Å². The van der Waals surface area contributed by atoms with Crippen LogP contribution in [0.2, 0.25) is 0 Å². The van der Waals surface area contributed by atoms with Gasteiger partial charge in [-0.1, -0.05) is 20.8 Å². The van der Waals surface area contributed by atoms with Gasteiger partial charge in [-0.15, -0.1) is 0 Å². The molecule has 0 radical (unpaired) electrons. The second kappa shape index (κ2) is 6.69. The maximum Gasteiger partial charge on any atom is 0.0524 e. The highest BCUT2D eigenvalue weighted by Crippen LogP contribution is 2.19. The molecule has 0 amide bonds. The second-order valence-electron chi connectivity index (χ2n) is 4.63. The van der Waals surface area contributed by atoms with Crippen molar-refractivity contribution in [1.29, 1.82) is 0 Å². The van der Waals surface area contributed by atoms with Crippen molar-refractivity contribution < 1.29 is 0 Å². The molecule has 0 bridgehead atoms. The first kappa shape index (κ1) is 13.2. The van der Waals surface area contributed by atoms with Gasteiger partial charge in [-0.3, -0.25) is 4.68 Å². The van der Waals surface area contributed by atoms with E-state index in [0.29, 0.717) is 12.0 Å². The molecule has 2 atom stereocenters. The van der Waals surface area contributed by atoms with E-state index < -0.39 is 0 Å². The van der Waals surface area contributed by atoms with Gasteiger partial charge in [0, 0.05) is 18.8 Å². The number of nitrogens with one attached hydrogen (secondary N) is 1. The largest absolute Gasteiger partial charge is 0.315 e. The molecule has 3 nitrogen and oxygen atoms in total. The maximum atomic E-state index is 4.38. The summed E-state index contributed by atoms with van der Waals surface area (Å²) >= 11 is 0. The first-order valence-corrected chi connectivity index (χ1v) is 6.43. The van der Waals surface area contributed by atoms with E-state index in [0.717, 1.165) is 19.5 Å². The maximum absolute atomic E-state index is 4.38. The second-order valence-corrected chi connectivity index (χ2v) is 4.63. The van der Waals surface area contributed by atoms with Gasteiger partial charge in [-0.2, -0.15) is 5.10 Å². The first-order chi connectivity index (χ1) is 7.67. The van der Waals surface area contributed by atoms with Crippen LogP contribution in [0, 0.1) is 0 Å². The summed E-state index contributed by atoms with van der Waals surface area (Å²) in [4.78, 5) is 0. The Morgan fingerprint density at radius 3 is 2.75 bits per heavy atom. The van der Waals surface area contributed by atoms with Gasteiger partial charge in [-0.05, 0) is 37.8 Å². The summed E-state index contributed by atoms with van der Waals surface area (Å²) in [5.41, 5.74) is 1.36. The zero-order chi connectivity index (χ0) is 12.0. The zero-order valence-electron chi connectivity index (χ0n) is 11.0. The third-order valence-electron chi connectivity index (χ3n) is 2.93. The van der Waals surface area contributed by atoms with Crippen LogP contribution in [-0.4, -0.2) is 22.4 Å². The molecule has 1 aromatic heterocycles. The molecule has 92 valence electrons. The van der Waals surface area contributed by atoms with E-state index in [2.05, 4.69) is 44.3 Å². The molecule has 0 spiro atoms. The van der Waals surface area contributed by atoms with E-state index in [-0.39, 0.29) is 0 Å². The molecule has 1 N–H and O–H groups in total. The van der Waals surface area contributed by atoms with Crippen LogP contribution in [0.3, 0.4) is 0 Å². The fourth-order valence-corrected chi connectivity index (χ4v) is 2.08. The quantitative estimate of drug-likeness (QED) is 0.770. The summed E-state index contributed by atoms with van der Waals surface area (Å²) < 4.78 is 2.05. The van der Waals surface area contributed by atoms with Crippen LogP contribution in [0.4, 0.5) is 0 Å². The number of rotatable bonds is 7. The first-order valence-electron chi connectivity index (χ1n) is 6.43. The zero-order valence-corrected chi connectivity index (χ0v) is 11.0. The summed E-state index contributed by atoms with van der Waals surface area (Å²) in [6, 6.07) is 0.578. The van der Waals surface area contributed by atoms with Gasteiger partial charge < -0.3 is 5.32 Å².